The van der Waals surface area contributed by atoms with Crippen molar-refractivity contribution in [1.82, 2.24) is 15.2 Å². The average molecular weight is 305 g/mol. The highest BCUT2D eigenvalue weighted by molar-refractivity contribution is 7.09. The molecule has 2 amide bonds. The molecule has 1 N–H and O–H groups in total. The van der Waals surface area contributed by atoms with E-state index < -0.39 is 0 Å². The van der Waals surface area contributed by atoms with Gasteiger partial charge in [0.25, 0.3) is 0 Å². The monoisotopic (exact) mass is 305 g/mol. The van der Waals surface area contributed by atoms with E-state index in [2.05, 4.69) is 15.7 Å². The molecular weight excluding hydrogens is 282 g/mol. The summed E-state index contributed by atoms with van der Waals surface area (Å²) in [5.74, 6) is 2.12. The first-order chi connectivity index (χ1) is 10.2. The van der Waals surface area contributed by atoms with Gasteiger partial charge in [-0.25, -0.2) is 9.78 Å². The Hall–Kier alpha value is -1.10. The third-order valence-electron chi connectivity index (χ3n) is 5.29. The van der Waals surface area contributed by atoms with Crippen molar-refractivity contribution in [1.29, 1.82) is 0 Å². The zero-order valence-electron chi connectivity index (χ0n) is 12.5. The highest BCUT2D eigenvalue weighted by atomic mass is 32.1. The molecule has 0 bridgehead atoms. The van der Waals surface area contributed by atoms with Crippen LogP contribution in [0.1, 0.15) is 48.8 Å². The summed E-state index contributed by atoms with van der Waals surface area (Å²) in [5, 5.41) is 6.44. The number of hydrogen-bond acceptors (Lipinski definition) is 3. The number of amides is 2. The Balaban J connectivity index is 1.42. The number of nitrogens with zero attached hydrogens (tertiary/aromatic N) is 2. The van der Waals surface area contributed by atoms with E-state index in [1.54, 1.807) is 11.3 Å². The van der Waals surface area contributed by atoms with Crippen LogP contribution in [-0.4, -0.2) is 29.0 Å². The third-order valence-corrected chi connectivity index (χ3v) is 6.33. The maximum atomic E-state index is 12.6. The molecule has 21 heavy (non-hydrogen) atoms. The fourth-order valence-electron chi connectivity index (χ4n) is 3.95. The second-order valence-electron chi connectivity index (χ2n) is 6.95. The highest BCUT2D eigenvalue weighted by Crippen LogP contribution is 2.42. The third kappa shape index (κ3) is 2.68. The maximum Gasteiger partial charge on any atom is 0.317 e. The van der Waals surface area contributed by atoms with E-state index in [0.29, 0.717) is 5.92 Å². The van der Waals surface area contributed by atoms with Gasteiger partial charge in [-0.05, 0) is 50.4 Å². The number of likely N-dealkylation sites (tertiary alicyclic amines) is 1. The molecule has 0 aromatic carbocycles. The molecule has 2 heterocycles. The SMILES string of the molecule is Cc1csc([C@@H](NC(=O)N2C[C@H]3CCC[C@H]3C2)C2CC2)n1. The molecular formula is C16H23N3OS. The second-order valence-corrected chi connectivity index (χ2v) is 7.84. The summed E-state index contributed by atoms with van der Waals surface area (Å²) in [6.45, 7) is 3.95. The molecule has 4 rings (SSSR count). The minimum absolute atomic E-state index is 0.133. The van der Waals surface area contributed by atoms with E-state index in [0.717, 1.165) is 35.6 Å². The number of carbonyl (C=O) groups excluding carboxylic acids is 1. The van der Waals surface area contributed by atoms with Crippen molar-refractivity contribution >= 4 is 17.4 Å². The molecule has 114 valence electrons. The van der Waals surface area contributed by atoms with Crippen LogP contribution in [0.3, 0.4) is 0 Å². The molecule has 2 aliphatic carbocycles. The number of hydrogen-bond donors (Lipinski definition) is 1. The zero-order valence-corrected chi connectivity index (χ0v) is 13.4. The normalized spacial score (nSPS) is 29.5. The quantitative estimate of drug-likeness (QED) is 0.931. The van der Waals surface area contributed by atoms with Crippen LogP contribution in [0.15, 0.2) is 5.38 Å². The Kier molecular flexibility index (Phi) is 3.40. The molecule has 1 aromatic rings. The summed E-state index contributed by atoms with van der Waals surface area (Å²) in [7, 11) is 0. The van der Waals surface area contributed by atoms with Crippen LogP contribution in [0.25, 0.3) is 0 Å². The molecule has 3 fully saturated rings. The van der Waals surface area contributed by atoms with Gasteiger partial charge < -0.3 is 10.2 Å². The number of aryl methyl sites for hydroxylation is 1. The van der Waals surface area contributed by atoms with Crippen LogP contribution in [0, 0.1) is 24.7 Å². The first-order valence-corrected chi connectivity index (χ1v) is 9.06. The van der Waals surface area contributed by atoms with Crippen LogP contribution >= 0.6 is 11.3 Å². The maximum absolute atomic E-state index is 12.6. The first kappa shape index (κ1) is 13.6. The summed E-state index contributed by atoms with van der Waals surface area (Å²) in [4.78, 5) is 19.2. The van der Waals surface area contributed by atoms with Crippen molar-refractivity contribution in [3.05, 3.63) is 16.1 Å². The van der Waals surface area contributed by atoms with E-state index in [9.17, 15) is 4.79 Å². The molecule has 4 nitrogen and oxygen atoms in total. The van der Waals surface area contributed by atoms with Crippen molar-refractivity contribution in [3.8, 4) is 0 Å². The minimum atomic E-state index is 0.133. The Morgan fingerprint density at radius 2 is 2.05 bits per heavy atom. The van der Waals surface area contributed by atoms with Crippen LogP contribution < -0.4 is 5.32 Å². The molecule has 3 atom stereocenters. The van der Waals surface area contributed by atoms with Crippen LogP contribution in [0.5, 0.6) is 0 Å². The van der Waals surface area contributed by atoms with Gasteiger partial charge in [-0.1, -0.05) is 6.42 Å². The van der Waals surface area contributed by atoms with Crippen molar-refractivity contribution in [3.63, 3.8) is 0 Å². The van der Waals surface area contributed by atoms with Gasteiger partial charge >= 0.3 is 6.03 Å². The summed E-state index contributed by atoms with van der Waals surface area (Å²) in [5.41, 5.74) is 1.06. The smallest absolute Gasteiger partial charge is 0.317 e. The molecule has 3 aliphatic rings. The first-order valence-electron chi connectivity index (χ1n) is 8.18. The van der Waals surface area contributed by atoms with E-state index in [-0.39, 0.29) is 12.1 Å². The number of thiazole rings is 1. The van der Waals surface area contributed by atoms with Crippen LogP contribution in [-0.2, 0) is 0 Å². The average Bonchev–Trinajstić information content (AvgIpc) is 2.85. The molecule has 1 aromatic heterocycles. The number of nitrogens with one attached hydrogen (secondary N) is 1. The fraction of sp³-hybridized carbons (Fsp3) is 0.750. The summed E-state index contributed by atoms with van der Waals surface area (Å²) >= 11 is 1.68. The molecule has 5 heteroatoms. The summed E-state index contributed by atoms with van der Waals surface area (Å²) in [6.07, 6.45) is 6.41. The minimum Gasteiger partial charge on any atom is -0.328 e. The van der Waals surface area contributed by atoms with E-state index in [4.69, 9.17) is 0 Å². The summed E-state index contributed by atoms with van der Waals surface area (Å²) < 4.78 is 0. The molecule has 0 spiro atoms. The number of urea groups is 1. The lowest BCUT2D eigenvalue weighted by atomic mass is 10.0. The summed E-state index contributed by atoms with van der Waals surface area (Å²) in [6, 6.07) is 0.269. The van der Waals surface area contributed by atoms with Crippen LogP contribution in [0.2, 0.25) is 0 Å². The number of carbonyl (C=O) groups is 1. The Labute approximate surface area is 129 Å². The molecule has 1 aliphatic heterocycles. The van der Waals surface area contributed by atoms with E-state index in [1.807, 2.05) is 11.8 Å². The van der Waals surface area contributed by atoms with Gasteiger partial charge in [0.15, 0.2) is 0 Å². The number of fused-ring (bicyclic) bond motifs is 1. The molecule has 2 saturated carbocycles. The van der Waals surface area contributed by atoms with Gasteiger partial charge in [0, 0.05) is 24.2 Å². The van der Waals surface area contributed by atoms with E-state index >= 15 is 0 Å². The van der Waals surface area contributed by atoms with Gasteiger partial charge in [0.1, 0.15) is 5.01 Å². The zero-order chi connectivity index (χ0) is 14.4. The number of rotatable bonds is 3. The van der Waals surface area contributed by atoms with Crippen LogP contribution in [0.4, 0.5) is 4.79 Å². The molecule has 0 unspecified atom stereocenters. The standard InChI is InChI=1S/C16H23N3OS/c1-10-9-21-15(17-10)14(11-5-6-11)18-16(20)19-7-12-3-2-4-13(12)8-19/h9,11-14H,2-8H2,1H3,(H,18,20)/t12-,13+,14-/m0/s1. The van der Waals surface area contributed by atoms with Gasteiger partial charge in [-0.2, -0.15) is 0 Å². The van der Waals surface area contributed by atoms with Crippen molar-refractivity contribution in [2.24, 2.45) is 17.8 Å². The lowest BCUT2D eigenvalue weighted by molar-refractivity contribution is 0.199. The predicted octanol–water partition coefficient (Wildman–Crippen LogP) is 3.34. The van der Waals surface area contributed by atoms with Crippen molar-refractivity contribution < 1.29 is 4.79 Å². The predicted molar refractivity (Wildman–Crippen MR) is 83.3 cm³/mol. The molecule has 1 saturated heterocycles. The topological polar surface area (TPSA) is 45.2 Å². The Bertz CT molecular complexity index is 527. The fourth-order valence-corrected chi connectivity index (χ4v) is 4.89. The number of aromatic nitrogens is 1. The van der Waals surface area contributed by atoms with Gasteiger partial charge in [0.2, 0.25) is 0 Å². The largest absolute Gasteiger partial charge is 0.328 e. The van der Waals surface area contributed by atoms with Crippen molar-refractivity contribution in [2.45, 2.75) is 45.1 Å². The molecule has 0 radical (unpaired) electrons. The lowest BCUT2D eigenvalue weighted by Gasteiger charge is -2.22. The van der Waals surface area contributed by atoms with Gasteiger partial charge in [-0.15, -0.1) is 11.3 Å². The van der Waals surface area contributed by atoms with E-state index in [1.165, 1.54) is 32.1 Å². The Morgan fingerprint density at radius 3 is 2.62 bits per heavy atom. The highest BCUT2D eigenvalue weighted by Gasteiger charge is 2.40. The Morgan fingerprint density at radius 1 is 1.33 bits per heavy atom. The second kappa shape index (κ2) is 5.27. The van der Waals surface area contributed by atoms with Gasteiger partial charge in [0.05, 0.1) is 6.04 Å². The lowest BCUT2D eigenvalue weighted by Crippen LogP contribution is -2.41. The van der Waals surface area contributed by atoms with Gasteiger partial charge in [-0.3, -0.25) is 0 Å². The van der Waals surface area contributed by atoms with Crippen molar-refractivity contribution in [2.75, 3.05) is 13.1 Å².